The van der Waals surface area contributed by atoms with E-state index in [1.54, 1.807) is 0 Å². The summed E-state index contributed by atoms with van der Waals surface area (Å²) in [6.45, 7) is 6.01. The maximum Gasteiger partial charge on any atom is 0.433 e. The fraction of sp³-hybridized carbons (Fsp3) is 0.692. The van der Waals surface area contributed by atoms with Crippen LogP contribution in [0.3, 0.4) is 0 Å². The van der Waals surface area contributed by atoms with Crippen LogP contribution in [-0.4, -0.2) is 22.6 Å². The molecule has 0 aliphatic carbocycles. The molecular weight excluding hydrogens is 269 g/mol. The smallest absolute Gasteiger partial charge is 0.364 e. The van der Waals surface area contributed by atoms with Gasteiger partial charge in [0.2, 0.25) is 5.95 Å². The molecule has 4 nitrogen and oxygen atoms in total. The van der Waals surface area contributed by atoms with Crippen LogP contribution in [0.15, 0.2) is 6.07 Å². The molecular formula is C13H21F3N4. The zero-order valence-electron chi connectivity index (χ0n) is 12.2. The largest absolute Gasteiger partial charge is 0.433 e. The van der Waals surface area contributed by atoms with E-state index in [9.17, 15) is 13.2 Å². The Kier molecular flexibility index (Phi) is 5.19. The molecule has 0 fully saturated rings. The van der Waals surface area contributed by atoms with Crippen LogP contribution in [-0.2, 0) is 6.18 Å². The Morgan fingerprint density at radius 1 is 1.05 bits per heavy atom. The second-order valence-electron chi connectivity index (χ2n) is 4.68. The predicted molar refractivity (Wildman–Crippen MR) is 73.8 cm³/mol. The molecule has 0 aromatic carbocycles. The van der Waals surface area contributed by atoms with E-state index in [1.807, 2.05) is 20.8 Å². The third-order valence-electron chi connectivity index (χ3n) is 3.66. The van der Waals surface area contributed by atoms with Crippen molar-refractivity contribution in [2.24, 2.45) is 0 Å². The first-order valence-corrected chi connectivity index (χ1v) is 6.72. The van der Waals surface area contributed by atoms with E-state index < -0.39 is 11.9 Å². The molecule has 114 valence electrons. The van der Waals surface area contributed by atoms with E-state index in [0.29, 0.717) is 0 Å². The summed E-state index contributed by atoms with van der Waals surface area (Å²) < 4.78 is 38.5. The molecule has 0 amide bonds. The number of alkyl halides is 3. The van der Waals surface area contributed by atoms with Gasteiger partial charge in [0.1, 0.15) is 5.82 Å². The Morgan fingerprint density at radius 3 is 2.00 bits per heavy atom. The summed E-state index contributed by atoms with van der Waals surface area (Å²) in [7, 11) is 1.49. The van der Waals surface area contributed by atoms with Crippen LogP contribution < -0.4 is 10.6 Å². The van der Waals surface area contributed by atoms with Crippen LogP contribution >= 0.6 is 0 Å². The van der Waals surface area contributed by atoms with Crippen molar-refractivity contribution in [2.75, 3.05) is 17.7 Å². The highest BCUT2D eigenvalue weighted by atomic mass is 19.4. The first-order chi connectivity index (χ1) is 9.30. The van der Waals surface area contributed by atoms with E-state index in [2.05, 4.69) is 20.6 Å². The van der Waals surface area contributed by atoms with Gasteiger partial charge < -0.3 is 10.6 Å². The number of anilines is 2. The molecule has 1 rings (SSSR count). The van der Waals surface area contributed by atoms with Gasteiger partial charge in [0.05, 0.1) is 0 Å². The number of aromatic nitrogens is 2. The van der Waals surface area contributed by atoms with Crippen molar-refractivity contribution < 1.29 is 13.2 Å². The molecule has 0 saturated carbocycles. The summed E-state index contributed by atoms with van der Waals surface area (Å²) >= 11 is 0. The van der Waals surface area contributed by atoms with Gasteiger partial charge in [-0.1, -0.05) is 20.8 Å². The van der Waals surface area contributed by atoms with Crippen LogP contribution in [0.25, 0.3) is 0 Å². The molecule has 1 aromatic heterocycles. The number of hydrogen-bond donors (Lipinski definition) is 2. The van der Waals surface area contributed by atoms with E-state index in [-0.39, 0.29) is 17.3 Å². The number of hydrogen-bond acceptors (Lipinski definition) is 4. The maximum absolute atomic E-state index is 12.8. The van der Waals surface area contributed by atoms with Crippen molar-refractivity contribution in [3.8, 4) is 0 Å². The van der Waals surface area contributed by atoms with Gasteiger partial charge in [0.15, 0.2) is 5.69 Å². The molecule has 0 radical (unpaired) electrons. The molecule has 1 aromatic rings. The molecule has 7 heteroatoms. The lowest BCUT2D eigenvalue weighted by Crippen LogP contribution is -2.36. The molecule has 0 atom stereocenters. The first kappa shape index (κ1) is 16.5. The van der Waals surface area contributed by atoms with E-state index >= 15 is 0 Å². The number of nitrogens with one attached hydrogen (secondary N) is 2. The van der Waals surface area contributed by atoms with Gasteiger partial charge in [0.25, 0.3) is 0 Å². The lowest BCUT2D eigenvalue weighted by molar-refractivity contribution is -0.141. The number of halogens is 3. The van der Waals surface area contributed by atoms with Gasteiger partial charge in [-0.2, -0.15) is 18.2 Å². The summed E-state index contributed by atoms with van der Waals surface area (Å²) in [4.78, 5) is 7.50. The van der Waals surface area contributed by atoms with Crippen LogP contribution in [0.2, 0.25) is 0 Å². The highest BCUT2D eigenvalue weighted by molar-refractivity contribution is 5.44. The quantitative estimate of drug-likeness (QED) is 0.833. The summed E-state index contributed by atoms with van der Waals surface area (Å²) in [5.74, 6) is 0.154. The molecule has 0 bridgehead atoms. The standard InChI is InChI=1S/C13H21F3N4/c1-5-12(6-2,7-3)20-10-8-9(13(14,15)16)18-11(17-4)19-10/h8H,5-7H2,1-4H3,(H2,17,18,19,20). The molecule has 2 N–H and O–H groups in total. The topological polar surface area (TPSA) is 49.8 Å². The predicted octanol–water partition coefficient (Wildman–Crippen LogP) is 3.92. The average molecular weight is 290 g/mol. The SMILES string of the molecule is CCC(CC)(CC)Nc1cc(C(F)(F)F)nc(NC)n1. The fourth-order valence-corrected chi connectivity index (χ4v) is 2.06. The van der Waals surface area contributed by atoms with Crippen LogP contribution in [0, 0.1) is 0 Å². The van der Waals surface area contributed by atoms with Gasteiger partial charge >= 0.3 is 6.18 Å². The Morgan fingerprint density at radius 2 is 1.60 bits per heavy atom. The van der Waals surface area contributed by atoms with E-state index in [4.69, 9.17) is 0 Å². The minimum Gasteiger partial charge on any atom is -0.364 e. The van der Waals surface area contributed by atoms with Gasteiger partial charge in [-0.3, -0.25) is 0 Å². The normalized spacial score (nSPS) is 12.3. The second kappa shape index (κ2) is 6.28. The minimum atomic E-state index is -4.49. The highest BCUT2D eigenvalue weighted by Gasteiger charge is 2.34. The van der Waals surface area contributed by atoms with Gasteiger partial charge in [0, 0.05) is 18.7 Å². The minimum absolute atomic E-state index is 0.0421. The lowest BCUT2D eigenvalue weighted by atomic mass is 9.90. The summed E-state index contributed by atoms with van der Waals surface area (Å²) in [5.41, 5.74) is -1.20. The van der Waals surface area contributed by atoms with Crippen molar-refractivity contribution in [1.29, 1.82) is 0 Å². The van der Waals surface area contributed by atoms with Crippen LogP contribution in [0.5, 0.6) is 0 Å². The van der Waals surface area contributed by atoms with Gasteiger partial charge in [-0.05, 0) is 19.3 Å². The van der Waals surface area contributed by atoms with E-state index in [1.165, 1.54) is 7.05 Å². The Bertz CT molecular complexity index is 433. The molecule has 0 spiro atoms. The maximum atomic E-state index is 12.8. The van der Waals surface area contributed by atoms with Crippen molar-refractivity contribution >= 4 is 11.8 Å². The monoisotopic (exact) mass is 290 g/mol. The molecule has 0 aliphatic heterocycles. The lowest BCUT2D eigenvalue weighted by Gasteiger charge is -2.32. The number of nitrogens with zero attached hydrogens (tertiary/aromatic N) is 2. The summed E-state index contributed by atoms with van der Waals surface area (Å²) in [6.07, 6.45) is -2.07. The van der Waals surface area contributed by atoms with Gasteiger partial charge in [-0.15, -0.1) is 0 Å². The van der Waals surface area contributed by atoms with E-state index in [0.717, 1.165) is 25.3 Å². The number of rotatable bonds is 6. The van der Waals surface area contributed by atoms with Crippen LogP contribution in [0.1, 0.15) is 45.7 Å². The Labute approximate surface area is 117 Å². The molecule has 1 heterocycles. The average Bonchev–Trinajstić information content (AvgIpc) is 2.43. The van der Waals surface area contributed by atoms with Crippen LogP contribution in [0.4, 0.5) is 24.9 Å². The fourth-order valence-electron chi connectivity index (χ4n) is 2.06. The summed E-state index contributed by atoms with van der Waals surface area (Å²) in [5, 5.41) is 5.70. The molecule has 20 heavy (non-hydrogen) atoms. The highest BCUT2D eigenvalue weighted by Crippen LogP contribution is 2.31. The zero-order chi connectivity index (χ0) is 15.4. The van der Waals surface area contributed by atoms with Crippen molar-refractivity contribution in [2.45, 2.75) is 51.7 Å². The van der Waals surface area contributed by atoms with Gasteiger partial charge in [-0.25, -0.2) is 4.98 Å². The van der Waals surface area contributed by atoms with Crippen molar-refractivity contribution in [1.82, 2.24) is 9.97 Å². The molecule has 0 aliphatic rings. The second-order valence-corrected chi connectivity index (χ2v) is 4.68. The Hall–Kier alpha value is -1.53. The molecule has 0 unspecified atom stereocenters. The molecule has 0 saturated heterocycles. The van der Waals surface area contributed by atoms with Crippen molar-refractivity contribution in [3.63, 3.8) is 0 Å². The first-order valence-electron chi connectivity index (χ1n) is 6.72. The Balaban J connectivity index is 3.18. The third-order valence-corrected chi connectivity index (χ3v) is 3.66. The summed E-state index contributed by atoms with van der Waals surface area (Å²) in [6, 6.07) is 0.955. The zero-order valence-corrected chi connectivity index (χ0v) is 12.2. The van der Waals surface area contributed by atoms with Crippen molar-refractivity contribution in [3.05, 3.63) is 11.8 Å². The third kappa shape index (κ3) is 3.74.